The van der Waals surface area contributed by atoms with Gasteiger partial charge in [0, 0.05) is 18.8 Å². The molecule has 100 valence electrons. The van der Waals surface area contributed by atoms with E-state index in [2.05, 4.69) is 10.1 Å². The van der Waals surface area contributed by atoms with Gasteiger partial charge in [0.25, 0.3) is 5.56 Å². The third-order valence-electron chi connectivity index (χ3n) is 2.32. The average molecular weight is 264 g/mol. The number of hydrogen-bond acceptors (Lipinski definition) is 5. The third kappa shape index (κ3) is 3.59. The van der Waals surface area contributed by atoms with E-state index in [1.165, 1.54) is 29.2 Å². The van der Waals surface area contributed by atoms with Crippen LogP contribution in [-0.2, 0) is 6.54 Å². The minimum Gasteiger partial charge on any atom is -0.490 e. The Labute approximate surface area is 108 Å². The number of ether oxygens (including phenoxy) is 1. The van der Waals surface area contributed by atoms with Gasteiger partial charge in [-0.3, -0.25) is 9.78 Å². The molecule has 0 bridgehead atoms. The summed E-state index contributed by atoms with van der Waals surface area (Å²) in [6.45, 7) is 0.831. The van der Waals surface area contributed by atoms with Crippen molar-refractivity contribution in [2.75, 3.05) is 13.2 Å². The van der Waals surface area contributed by atoms with Gasteiger partial charge < -0.3 is 10.5 Å². The number of rotatable bonds is 5. The lowest BCUT2D eigenvalue weighted by molar-refractivity contribution is 0.324. The van der Waals surface area contributed by atoms with Crippen LogP contribution in [0.25, 0.3) is 0 Å². The molecule has 0 aromatic carbocycles. The van der Waals surface area contributed by atoms with Gasteiger partial charge in [-0.25, -0.2) is 9.07 Å². The highest BCUT2D eigenvalue weighted by Gasteiger charge is 2.03. The number of aromatic nitrogens is 3. The lowest BCUT2D eigenvalue weighted by Crippen LogP contribution is -2.23. The fraction of sp³-hybridized carbons (Fsp3) is 0.250. The second-order valence-electron chi connectivity index (χ2n) is 3.84. The fourth-order valence-corrected chi connectivity index (χ4v) is 1.51. The lowest BCUT2D eigenvalue weighted by Gasteiger charge is -2.07. The standard InChI is InChI=1S/C12H13FN4O2/c13-10-3-9(5-15-6-10)8-17-12(18)4-11(7-16-17)19-2-1-14/h3-7H,1-2,8,14H2. The van der Waals surface area contributed by atoms with Crippen molar-refractivity contribution in [1.29, 1.82) is 0 Å². The predicted octanol–water partition coefficient (Wildman–Crippen LogP) is 0.163. The second-order valence-corrected chi connectivity index (χ2v) is 3.84. The molecule has 0 aliphatic rings. The van der Waals surface area contributed by atoms with Gasteiger partial charge in [-0.05, 0) is 11.6 Å². The molecule has 2 aromatic heterocycles. The first kappa shape index (κ1) is 13.2. The summed E-state index contributed by atoms with van der Waals surface area (Å²) < 4.78 is 19.4. The number of hydrogen-bond donors (Lipinski definition) is 1. The van der Waals surface area contributed by atoms with Crippen molar-refractivity contribution < 1.29 is 9.13 Å². The maximum absolute atomic E-state index is 13.0. The Morgan fingerprint density at radius 1 is 1.32 bits per heavy atom. The Hall–Kier alpha value is -2.28. The first-order valence-electron chi connectivity index (χ1n) is 5.68. The number of nitrogens with zero attached hydrogens (tertiary/aromatic N) is 3. The summed E-state index contributed by atoms with van der Waals surface area (Å²) in [5.74, 6) is -0.0856. The van der Waals surface area contributed by atoms with Crippen LogP contribution in [-0.4, -0.2) is 27.9 Å². The van der Waals surface area contributed by atoms with Crippen LogP contribution in [0.15, 0.2) is 35.5 Å². The fourth-order valence-electron chi connectivity index (χ4n) is 1.51. The zero-order valence-electron chi connectivity index (χ0n) is 10.1. The minimum atomic E-state index is -0.451. The molecule has 7 heteroatoms. The lowest BCUT2D eigenvalue weighted by atomic mass is 10.3. The van der Waals surface area contributed by atoms with E-state index in [9.17, 15) is 9.18 Å². The molecule has 2 heterocycles. The number of nitrogens with two attached hydrogens (primary N) is 1. The van der Waals surface area contributed by atoms with Gasteiger partial charge in [0.2, 0.25) is 0 Å². The monoisotopic (exact) mass is 264 g/mol. The van der Waals surface area contributed by atoms with Crippen LogP contribution in [0.2, 0.25) is 0 Å². The van der Waals surface area contributed by atoms with Crippen LogP contribution >= 0.6 is 0 Å². The summed E-state index contributed by atoms with van der Waals surface area (Å²) in [6.07, 6.45) is 4.00. The van der Waals surface area contributed by atoms with Gasteiger partial charge >= 0.3 is 0 Å². The van der Waals surface area contributed by atoms with Crippen molar-refractivity contribution in [2.24, 2.45) is 5.73 Å². The molecule has 0 atom stereocenters. The molecule has 0 amide bonds. The van der Waals surface area contributed by atoms with Crippen molar-refractivity contribution >= 4 is 0 Å². The van der Waals surface area contributed by atoms with E-state index in [1.54, 1.807) is 0 Å². The predicted molar refractivity (Wildman–Crippen MR) is 66.3 cm³/mol. The van der Waals surface area contributed by atoms with Gasteiger partial charge in [-0.2, -0.15) is 5.10 Å². The van der Waals surface area contributed by atoms with Crippen LogP contribution in [0, 0.1) is 5.82 Å². The van der Waals surface area contributed by atoms with E-state index < -0.39 is 5.82 Å². The van der Waals surface area contributed by atoms with Gasteiger partial charge in [0.1, 0.15) is 18.2 Å². The molecule has 0 aliphatic carbocycles. The normalized spacial score (nSPS) is 10.4. The van der Waals surface area contributed by atoms with E-state index in [0.717, 1.165) is 6.20 Å². The number of halogens is 1. The summed E-state index contributed by atoms with van der Waals surface area (Å²) >= 11 is 0. The highest BCUT2D eigenvalue weighted by atomic mass is 19.1. The van der Waals surface area contributed by atoms with Crippen LogP contribution in [0.4, 0.5) is 4.39 Å². The SMILES string of the molecule is NCCOc1cnn(Cc2cncc(F)c2)c(=O)c1. The quantitative estimate of drug-likeness (QED) is 0.832. The minimum absolute atomic E-state index is 0.154. The summed E-state index contributed by atoms with van der Waals surface area (Å²) in [5.41, 5.74) is 5.52. The molecule has 0 radical (unpaired) electrons. The summed E-state index contributed by atoms with van der Waals surface area (Å²) in [6, 6.07) is 2.62. The maximum Gasteiger partial charge on any atom is 0.270 e. The van der Waals surface area contributed by atoms with Crippen LogP contribution in [0.5, 0.6) is 5.75 Å². The Kier molecular flexibility index (Phi) is 4.19. The van der Waals surface area contributed by atoms with E-state index in [4.69, 9.17) is 10.5 Å². The summed E-state index contributed by atoms with van der Waals surface area (Å²) in [4.78, 5) is 15.5. The molecule has 0 saturated carbocycles. The van der Waals surface area contributed by atoms with Crippen LogP contribution < -0.4 is 16.0 Å². The first-order valence-corrected chi connectivity index (χ1v) is 5.68. The van der Waals surface area contributed by atoms with Gasteiger partial charge in [0.05, 0.1) is 18.9 Å². The van der Waals surface area contributed by atoms with Gasteiger partial charge in [-0.1, -0.05) is 0 Å². The molecule has 2 N–H and O–H groups in total. The largest absolute Gasteiger partial charge is 0.490 e. The maximum atomic E-state index is 13.0. The van der Waals surface area contributed by atoms with Crippen LogP contribution in [0.1, 0.15) is 5.56 Å². The highest BCUT2D eigenvalue weighted by molar-refractivity contribution is 5.15. The molecule has 0 fully saturated rings. The highest BCUT2D eigenvalue weighted by Crippen LogP contribution is 2.05. The smallest absolute Gasteiger partial charge is 0.270 e. The Morgan fingerprint density at radius 2 is 2.16 bits per heavy atom. The topological polar surface area (TPSA) is 83.0 Å². The summed E-state index contributed by atoms with van der Waals surface area (Å²) in [5, 5.41) is 3.94. The molecule has 19 heavy (non-hydrogen) atoms. The zero-order valence-corrected chi connectivity index (χ0v) is 10.1. The summed E-state index contributed by atoms with van der Waals surface area (Å²) in [7, 11) is 0. The zero-order chi connectivity index (χ0) is 13.7. The van der Waals surface area contributed by atoms with Crippen molar-refractivity contribution in [2.45, 2.75) is 6.54 Å². The van der Waals surface area contributed by atoms with Gasteiger partial charge in [0.15, 0.2) is 0 Å². The van der Waals surface area contributed by atoms with Crippen LogP contribution in [0.3, 0.4) is 0 Å². The van der Waals surface area contributed by atoms with Gasteiger partial charge in [-0.15, -0.1) is 0 Å². The molecular formula is C12H13FN4O2. The van der Waals surface area contributed by atoms with E-state index in [1.807, 2.05) is 0 Å². The second kappa shape index (κ2) is 6.05. The van der Waals surface area contributed by atoms with E-state index in [0.29, 0.717) is 24.5 Å². The third-order valence-corrected chi connectivity index (χ3v) is 2.32. The molecule has 0 saturated heterocycles. The molecule has 0 spiro atoms. The Morgan fingerprint density at radius 3 is 2.84 bits per heavy atom. The first-order chi connectivity index (χ1) is 9.19. The molecule has 6 nitrogen and oxygen atoms in total. The molecule has 0 aliphatic heterocycles. The van der Waals surface area contributed by atoms with E-state index in [-0.39, 0.29) is 12.1 Å². The van der Waals surface area contributed by atoms with Crippen molar-refractivity contribution in [3.8, 4) is 5.75 Å². The Bertz CT molecular complexity index is 615. The van der Waals surface area contributed by atoms with Crippen molar-refractivity contribution in [3.63, 3.8) is 0 Å². The molecule has 2 aromatic rings. The van der Waals surface area contributed by atoms with E-state index >= 15 is 0 Å². The average Bonchev–Trinajstić information content (AvgIpc) is 2.39. The molecular weight excluding hydrogens is 251 g/mol. The Balaban J connectivity index is 2.15. The molecule has 0 unspecified atom stereocenters. The molecule has 2 rings (SSSR count). The number of pyridine rings is 1. The van der Waals surface area contributed by atoms with Crippen molar-refractivity contribution in [3.05, 3.63) is 52.5 Å². The van der Waals surface area contributed by atoms with Crippen molar-refractivity contribution in [1.82, 2.24) is 14.8 Å².